The molecule has 100 valence electrons. The van der Waals surface area contributed by atoms with E-state index in [1.54, 1.807) is 11.6 Å². The van der Waals surface area contributed by atoms with Crippen LogP contribution in [0.1, 0.15) is 16.1 Å². The van der Waals surface area contributed by atoms with Gasteiger partial charge in [0.25, 0.3) is 0 Å². The van der Waals surface area contributed by atoms with Gasteiger partial charge in [-0.2, -0.15) is 0 Å². The van der Waals surface area contributed by atoms with Gasteiger partial charge < -0.3 is 15.4 Å². The summed E-state index contributed by atoms with van der Waals surface area (Å²) < 4.78 is 4.68. The van der Waals surface area contributed by atoms with Gasteiger partial charge in [0.15, 0.2) is 0 Å². The van der Waals surface area contributed by atoms with E-state index in [1.807, 2.05) is 17.3 Å². The average Bonchev–Trinajstić information content (AvgIpc) is 2.91. The first-order valence-electron chi connectivity index (χ1n) is 5.54. The molecule has 19 heavy (non-hydrogen) atoms. The highest BCUT2D eigenvalue weighted by Crippen LogP contribution is 2.19. The number of nitrogens with two attached hydrogens (primary N) is 1. The van der Waals surface area contributed by atoms with Gasteiger partial charge in [-0.3, -0.25) is 0 Å². The van der Waals surface area contributed by atoms with Crippen molar-refractivity contribution in [2.45, 2.75) is 6.54 Å². The van der Waals surface area contributed by atoms with Crippen molar-refractivity contribution in [3.63, 3.8) is 0 Å². The topological polar surface area (TPSA) is 81.3 Å². The van der Waals surface area contributed by atoms with Crippen molar-refractivity contribution in [1.29, 1.82) is 0 Å². The monoisotopic (exact) mass is 278 g/mol. The Hall–Kier alpha value is -2.15. The Morgan fingerprint density at radius 2 is 2.32 bits per heavy atom. The number of pyridine rings is 1. The molecule has 0 bridgehead atoms. The maximum Gasteiger partial charge on any atom is 0.340 e. The molecule has 0 saturated heterocycles. The fourth-order valence-corrected chi connectivity index (χ4v) is 2.14. The molecule has 2 rings (SSSR count). The van der Waals surface area contributed by atoms with Gasteiger partial charge in [0.2, 0.25) is 0 Å². The van der Waals surface area contributed by atoms with Gasteiger partial charge in [0.05, 0.1) is 42.3 Å². The Morgan fingerprint density at radius 3 is 2.95 bits per heavy atom. The third-order valence-electron chi connectivity index (χ3n) is 2.60. The Balaban J connectivity index is 2.22. The van der Waals surface area contributed by atoms with E-state index >= 15 is 0 Å². The number of nitrogens with zero attached hydrogens (tertiary/aromatic N) is 3. The van der Waals surface area contributed by atoms with Crippen LogP contribution in [0.15, 0.2) is 23.2 Å². The predicted octanol–water partition coefficient (Wildman–Crippen LogP) is 1.54. The summed E-state index contributed by atoms with van der Waals surface area (Å²) in [6, 6.07) is 1.62. The number of hydrogen-bond donors (Lipinski definition) is 1. The number of ether oxygens (including phenoxy) is 1. The van der Waals surface area contributed by atoms with E-state index in [1.165, 1.54) is 24.6 Å². The minimum absolute atomic E-state index is 0.303. The lowest BCUT2D eigenvalue weighted by Gasteiger charge is -2.17. The Labute approximate surface area is 114 Å². The van der Waals surface area contributed by atoms with E-state index in [4.69, 9.17) is 5.73 Å². The number of aromatic nitrogens is 2. The molecule has 2 N–H and O–H groups in total. The Bertz CT molecular complexity index is 571. The van der Waals surface area contributed by atoms with Crippen molar-refractivity contribution in [2.75, 3.05) is 24.8 Å². The summed E-state index contributed by atoms with van der Waals surface area (Å²) in [6.07, 6.45) is 1.46. The summed E-state index contributed by atoms with van der Waals surface area (Å²) >= 11 is 1.54. The van der Waals surface area contributed by atoms with Crippen molar-refractivity contribution in [2.24, 2.45) is 0 Å². The summed E-state index contributed by atoms with van der Waals surface area (Å²) in [7, 11) is 3.19. The van der Waals surface area contributed by atoms with Gasteiger partial charge in [-0.05, 0) is 6.07 Å². The van der Waals surface area contributed by atoms with Crippen LogP contribution in [0.4, 0.5) is 11.5 Å². The molecule has 2 aromatic heterocycles. The lowest BCUT2D eigenvalue weighted by Crippen LogP contribution is -2.19. The molecule has 0 aliphatic heterocycles. The zero-order valence-corrected chi connectivity index (χ0v) is 11.5. The quantitative estimate of drug-likeness (QED) is 0.854. The summed E-state index contributed by atoms with van der Waals surface area (Å²) in [5.41, 5.74) is 9.06. The van der Waals surface area contributed by atoms with E-state index in [0.29, 0.717) is 23.6 Å². The number of hydrogen-bond acceptors (Lipinski definition) is 7. The summed E-state index contributed by atoms with van der Waals surface area (Å²) in [5, 5.41) is 1.97. The molecule has 0 saturated carbocycles. The van der Waals surface area contributed by atoms with Crippen LogP contribution in [0.3, 0.4) is 0 Å². The smallest absolute Gasteiger partial charge is 0.340 e. The first-order valence-corrected chi connectivity index (χ1v) is 6.48. The van der Waals surface area contributed by atoms with Gasteiger partial charge in [-0.15, -0.1) is 11.3 Å². The molecule has 7 heteroatoms. The maximum absolute atomic E-state index is 11.6. The third-order valence-corrected chi connectivity index (χ3v) is 3.23. The van der Waals surface area contributed by atoms with E-state index < -0.39 is 5.97 Å². The standard InChI is InChI=1S/C12H14N4O2S/c1-16(5-8-6-19-7-15-8)11-3-9(12(17)18-2)10(13)4-14-11/h3-4,6-7H,5,13H2,1-2H3. The van der Waals surface area contributed by atoms with Crippen LogP contribution in [0, 0.1) is 0 Å². The van der Waals surface area contributed by atoms with Crippen molar-refractivity contribution in [1.82, 2.24) is 9.97 Å². The molecule has 0 unspecified atom stereocenters. The van der Waals surface area contributed by atoms with Crippen molar-refractivity contribution in [3.8, 4) is 0 Å². The largest absolute Gasteiger partial charge is 0.465 e. The van der Waals surface area contributed by atoms with E-state index in [-0.39, 0.29) is 0 Å². The van der Waals surface area contributed by atoms with Gasteiger partial charge >= 0.3 is 5.97 Å². The number of thiazole rings is 1. The van der Waals surface area contributed by atoms with E-state index in [2.05, 4.69) is 14.7 Å². The molecule has 0 amide bonds. The van der Waals surface area contributed by atoms with Gasteiger partial charge in [-0.1, -0.05) is 0 Å². The number of nitrogen functional groups attached to an aromatic ring is 1. The second-order valence-electron chi connectivity index (χ2n) is 3.96. The molecule has 0 spiro atoms. The SMILES string of the molecule is COC(=O)c1cc(N(C)Cc2cscn2)ncc1N. The number of carbonyl (C=O) groups excluding carboxylic acids is 1. The van der Waals surface area contributed by atoms with Crippen molar-refractivity contribution >= 4 is 28.8 Å². The Morgan fingerprint density at radius 1 is 1.53 bits per heavy atom. The maximum atomic E-state index is 11.6. The lowest BCUT2D eigenvalue weighted by atomic mass is 10.2. The fraction of sp³-hybridized carbons (Fsp3) is 0.250. The minimum atomic E-state index is -0.469. The van der Waals surface area contributed by atoms with Crippen molar-refractivity contribution < 1.29 is 9.53 Å². The predicted molar refractivity (Wildman–Crippen MR) is 74.2 cm³/mol. The molecule has 2 heterocycles. The van der Waals surface area contributed by atoms with E-state index in [9.17, 15) is 4.79 Å². The summed E-state index contributed by atoms with van der Waals surface area (Å²) in [5.74, 6) is 0.172. The second-order valence-corrected chi connectivity index (χ2v) is 4.68. The fourth-order valence-electron chi connectivity index (χ4n) is 1.59. The minimum Gasteiger partial charge on any atom is -0.465 e. The molecular formula is C12H14N4O2S. The normalized spacial score (nSPS) is 10.2. The Kier molecular flexibility index (Phi) is 3.96. The zero-order valence-electron chi connectivity index (χ0n) is 10.7. The summed E-state index contributed by atoms with van der Waals surface area (Å²) in [6.45, 7) is 0.612. The number of rotatable bonds is 4. The van der Waals surface area contributed by atoms with Crippen LogP contribution < -0.4 is 10.6 Å². The molecule has 0 aromatic carbocycles. The molecular weight excluding hydrogens is 264 g/mol. The van der Waals surface area contributed by atoms with Gasteiger partial charge in [-0.25, -0.2) is 14.8 Å². The number of carbonyl (C=O) groups is 1. The van der Waals surface area contributed by atoms with Crippen LogP contribution in [-0.2, 0) is 11.3 Å². The number of methoxy groups -OCH3 is 1. The first kappa shape index (κ1) is 13.3. The molecule has 0 atom stereocenters. The highest BCUT2D eigenvalue weighted by Gasteiger charge is 2.14. The second kappa shape index (κ2) is 5.66. The molecule has 6 nitrogen and oxygen atoms in total. The zero-order chi connectivity index (χ0) is 13.8. The van der Waals surface area contributed by atoms with Crippen molar-refractivity contribution in [3.05, 3.63) is 34.4 Å². The van der Waals surface area contributed by atoms with E-state index in [0.717, 1.165) is 5.69 Å². The molecule has 2 aromatic rings. The van der Waals surface area contributed by atoms with Crippen LogP contribution >= 0.6 is 11.3 Å². The van der Waals surface area contributed by atoms with Crippen LogP contribution in [0.5, 0.6) is 0 Å². The van der Waals surface area contributed by atoms with Crippen LogP contribution in [0.25, 0.3) is 0 Å². The van der Waals surface area contributed by atoms with Crippen LogP contribution in [-0.4, -0.2) is 30.1 Å². The summed E-state index contributed by atoms with van der Waals surface area (Å²) in [4.78, 5) is 21.9. The lowest BCUT2D eigenvalue weighted by molar-refractivity contribution is 0.0602. The molecule has 0 aliphatic rings. The molecule has 0 fully saturated rings. The first-order chi connectivity index (χ1) is 9.11. The van der Waals surface area contributed by atoms with Gasteiger partial charge in [0, 0.05) is 12.4 Å². The number of esters is 1. The van der Waals surface area contributed by atoms with Gasteiger partial charge in [0.1, 0.15) is 5.82 Å². The highest BCUT2D eigenvalue weighted by atomic mass is 32.1. The number of anilines is 2. The third kappa shape index (κ3) is 3.00. The van der Waals surface area contributed by atoms with Crippen LogP contribution in [0.2, 0.25) is 0 Å². The molecule has 0 aliphatic carbocycles. The average molecular weight is 278 g/mol. The highest BCUT2D eigenvalue weighted by molar-refractivity contribution is 7.07. The molecule has 0 radical (unpaired) electrons.